The molecular formula is C20H23N3OS. The van der Waals surface area contributed by atoms with Gasteiger partial charge >= 0.3 is 0 Å². The molecule has 130 valence electrons. The number of nitrogens with one attached hydrogen (secondary N) is 1. The highest BCUT2D eigenvalue weighted by molar-refractivity contribution is 7.12. The van der Waals surface area contributed by atoms with Crippen LogP contribution in [0, 0.1) is 13.8 Å². The van der Waals surface area contributed by atoms with Gasteiger partial charge in [0, 0.05) is 28.4 Å². The highest BCUT2D eigenvalue weighted by Gasteiger charge is 2.07. The SMILES string of the molecule is Cc1cc(CCCC(=O)Nc2ccn(Cc3ccccc3)n2)c(C)s1. The molecule has 0 unspecified atom stereocenters. The van der Waals surface area contributed by atoms with E-state index < -0.39 is 0 Å². The standard InChI is InChI=1S/C20H23N3OS/c1-15-13-18(16(2)25-15)9-6-10-20(24)21-19-11-12-23(22-19)14-17-7-4-3-5-8-17/h3-5,7-8,11-13H,6,9-10,14H2,1-2H3,(H,21,22,24). The Morgan fingerprint density at radius 2 is 2.00 bits per heavy atom. The topological polar surface area (TPSA) is 46.9 Å². The molecule has 0 spiro atoms. The van der Waals surface area contributed by atoms with Crippen molar-refractivity contribution in [1.29, 1.82) is 0 Å². The van der Waals surface area contributed by atoms with Crippen LogP contribution in [0.5, 0.6) is 0 Å². The molecule has 0 aliphatic carbocycles. The summed E-state index contributed by atoms with van der Waals surface area (Å²) in [5, 5.41) is 7.30. The molecule has 3 aromatic rings. The van der Waals surface area contributed by atoms with E-state index in [1.807, 2.05) is 46.5 Å². The molecule has 0 atom stereocenters. The van der Waals surface area contributed by atoms with E-state index in [2.05, 4.69) is 42.5 Å². The number of carbonyl (C=O) groups excluding carboxylic acids is 1. The van der Waals surface area contributed by atoms with Crippen molar-refractivity contribution >= 4 is 23.1 Å². The van der Waals surface area contributed by atoms with Crippen molar-refractivity contribution in [3.8, 4) is 0 Å². The Morgan fingerprint density at radius 1 is 1.20 bits per heavy atom. The van der Waals surface area contributed by atoms with Crippen molar-refractivity contribution in [2.24, 2.45) is 0 Å². The lowest BCUT2D eigenvalue weighted by molar-refractivity contribution is -0.116. The van der Waals surface area contributed by atoms with Crippen molar-refractivity contribution < 1.29 is 4.79 Å². The molecule has 0 bridgehead atoms. The fraction of sp³-hybridized carbons (Fsp3) is 0.300. The molecule has 0 saturated carbocycles. The van der Waals surface area contributed by atoms with Crippen LogP contribution in [0.4, 0.5) is 5.82 Å². The molecule has 0 fully saturated rings. The van der Waals surface area contributed by atoms with E-state index in [1.165, 1.54) is 20.9 Å². The molecule has 3 rings (SSSR count). The second-order valence-corrected chi connectivity index (χ2v) is 7.68. The van der Waals surface area contributed by atoms with E-state index >= 15 is 0 Å². The highest BCUT2D eigenvalue weighted by Crippen LogP contribution is 2.22. The second-order valence-electron chi connectivity index (χ2n) is 6.22. The summed E-state index contributed by atoms with van der Waals surface area (Å²) in [5.74, 6) is 0.637. The Labute approximate surface area is 152 Å². The molecule has 1 aromatic carbocycles. The smallest absolute Gasteiger partial charge is 0.225 e. The Kier molecular flexibility index (Phi) is 5.66. The van der Waals surface area contributed by atoms with Crippen LogP contribution in [-0.4, -0.2) is 15.7 Å². The fourth-order valence-electron chi connectivity index (χ4n) is 2.86. The third kappa shape index (κ3) is 5.03. The second kappa shape index (κ2) is 8.12. The van der Waals surface area contributed by atoms with Gasteiger partial charge in [-0.15, -0.1) is 11.3 Å². The van der Waals surface area contributed by atoms with Crippen LogP contribution < -0.4 is 5.32 Å². The van der Waals surface area contributed by atoms with Gasteiger partial charge in [0.1, 0.15) is 0 Å². The van der Waals surface area contributed by atoms with Crippen molar-refractivity contribution in [2.45, 2.75) is 39.7 Å². The Hall–Kier alpha value is -2.40. The molecule has 2 aromatic heterocycles. The van der Waals surface area contributed by atoms with Crippen molar-refractivity contribution in [1.82, 2.24) is 9.78 Å². The van der Waals surface area contributed by atoms with E-state index in [4.69, 9.17) is 0 Å². The van der Waals surface area contributed by atoms with E-state index in [0.717, 1.165) is 12.8 Å². The first-order valence-corrected chi connectivity index (χ1v) is 9.35. The summed E-state index contributed by atoms with van der Waals surface area (Å²) in [6.07, 6.45) is 4.21. The number of amides is 1. The molecule has 4 nitrogen and oxygen atoms in total. The number of anilines is 1. The van der Waals surface area contributed by atoms with Crippen LogP contribution in [-0.2, 0) is 17.8 Å². The predicted octanol–water partition coefficient (Wildman–Crippen LogP) is 4.57. The van der Waals surface area contributed by atoms with Crippen LogP contribution in [0.2, 0.25) is 0 Å². The van der Waals surface area contributed by atoms with Gasteiger partial charge in [-0.25, -0.2) is 0 Å². The molecule has 0 saturated heterocycles. The number of thiophene rings is 1. The van der Waals surface area contributed by atoms with Crippen molar-refractivity contribution in [2.75, 3.05) is 5.32 Å². The summed E-state index contributed by atoms with van der Waals surface area (Å²) in [6, 6.07) is 14.2. The lowest BCUT2D eigenvalue weighted by atomic mass is 10.1. The normalized spacial score (nSPS) is 10.8. The predicted molar refractivity (Wildman–Crippen MR) is 103 cm³/mol. The number of rotatable bonds is 7. The minimum absolute atomic E-state index is 0.0227. The number of nitrogens with zero attached hydrogens (tertiary/aromatic N) is 2. The van der Waals surface area contributed by atoms with Crippen LogP contribution in [0.3, 0.4) is 0 Å². The maximum absolute atomic E-state index is 12.1. The summed E-state index contributed by atoms with van der Waals surface area (Å²) in [6.45, 7) is 4.97. The maximum atomic E-state index is 12.1. The fourth-order valence-corrected chi connectivity index (χ4v) is 3.84. The van der Waals surface area contributed by atoms with Gasteiger partial charge in [0.05, 0.1) is 6.54 Å². The number of hydrogen-bond acceptors (Lipinski definition) is 3. The van der Waals surface area contributed by atoms with E-state index in [9.17, 15) is 4.79 Å². The van der Waals surface area contributed by atoms with E-state index in [0.29, 0.717) is 18.8 Å². The first kappa shape index (κ1) is 17.4. The zero-order valence-corrected chi connectivity index (χ0v) is 15.5. The molecular weight excluding hydrogens is 330 g/mol. The van der Waals surface area contributed by atoms with Crippen LogP contribution in [0.1, 0.15) is 33.7 Å². The molecule has 25 heavy (non-hydrogen) atoms. The van der Waals surface area contributed by atoms with Gasteiger partial charge in [-0.05, 0) is 43.9 Å². The minimum atomic E-state index is 0.0227. The maximum Gasteiger partial charge on any atom is 0.225 e. The zero-order chi connectivity index (χ0) is 17.6. The van der Waals surface area contributed by atoms with Crippen LogP contribution >= 0.6 is 11.3 Å². The highest BCUT2D eigenvalue weighted by atomic mass is 32.1. The summed E-state index contributed by atoms with van der Waals surface area (Å²) in [7, 11) is 0. The Morgan fingerprint density at radius 3 is 2.72 bits per heavy atom. The third-order valence-electron chi connectivity index (χ3n) is 4.09. The van der Waals surface area contributed by atoms with Crippen molar-refractivity contribution in [3.05, 3.63) is 69.5 Å². The molecule has 0 radical (unpaired) electrons. The molecule has 2 heterocycles. The number of aromatic nitrogens is 2. The molecule has 0 aliphatic rings. The van der Waals surface area contributed by atoms with Gasteiger partial charge < -0.3 is 5.32 Å². The first-order chi connectivity index (χ1) is 12.1. The lowest BCUT2D eigenvalue weighted by Gasteiger charge is -2.03. The quantitative estimate of drug-likeness (QED) is 0.676. The van der Waals surface area contributed by atoms with E-state index in [1.54, 1.807) is 0 Å². The minimum Gasteiger partial charge on any atom is -0.309 e. The third-order valence-corrected chi connectivity index (χ3v) is 5.10. The van der Waals surface area contributed by atoms with Crippen LogP contribution in [0.15, 0.2) is 48.7 Å². The van der Waals surface area contributed by atoms with Gasteiger partial charge in [0.2, 0.25) is 5.91 Å². The zero-order valence-electron chi connectivity index (χ0n) is 14.7. The summed E-state index contributed by atoms with van der Waals surface area (Å²) < 4.78 is 1.84. The molecule has 5 heteroatoms. The van der Waals surface area contributed by atoms with Gasteiger partial charge in [0.25, 0.3) is 0 Å². The van der Waals surface area contributed by atoms with Gasteiger partial charge in [-0.2, -0.15) is 5.10 Å². The molecule has 1 amide bonds. The molecule has 0 aliphatic heterocycles. The average molecular weight is 353 g/mol. The summed E-state index contributed by atoms with van der Waals surface area (Å²) in [5.41, 5.74) is 2.55. The number of hydrogen-bond donors (Lipinski definition) is 1. The van der Waals surface area contributed by atoms with Gasteiger partial charge in [-0.3, -0.25) is 9.48 Å². The Bertz CT molecular complexity index is 836. The van der Waals surface area contributed by atoms with Crippen molar-refractivity contribution in [3.63, 3.8) is 0 Å². The number of carbonyl (C=O) groups is 1. The Balaban J connectivity index is 1.46. The lowest BCUT2D eigenvalue weighted by Crippen LogP contribution is -2.12. The monoisotopic (exact) mass is 353 g/mol. The summed E-state index contributed by atoms with van der Waals surface area (Å²) >= 11 is 1.82. The number of benzene rings is 1. The van der Waals surface area contributed by atoms with Gasteiger partial charge in [-0.1, -0.05) is 30.3 Å². The summed E-state index contributed by atoms with van der Waals surface area (Å²) in [4.78, 5) is 14.8. The van der Waals surface area contributed by atoms with E-state index in [-0.39, 0.29) is 5.91 Å². The molecule has 1 N–H and O–H groups in total. The largest absolute Gasteiger partial charge is 0.309 e. The first-order valence-electron chi connectivity index (χ1n) is 8.53. The van der Waals surface area contributed by atoms with Gasteiger partial charge in [0.15, 0.2) is 5.82 Å². The number of aryl methyl sites for hydroxylation is 3. The van der Waals surface area contributed by atoms with Crippen LogP contribution in [0.25, 0.3) is 0 Å². The average Bonchev–Trinajstić information content (AvgIpc) is 3.14.